The van der Waals surface area contributed by atoms with Crippen molar-refractivity contribution < 1.29 is 4.79 Å². The monoisotopic (exact) mass is 382 g/mol. The van der Waals surface area contributed by atoms with Gasteiger partial charge in [0.05, 0.1) is 0 Å². The maximum atomic E-state index is 11.5. The van der Waals surface area contributed by atoms with Gasteiger partial charge in [-0.15, -0.1) is 24.0 Å². The van der Waals surface area contributed by atoms with Crippen LogP contribution in [0.15, 0.2) is 4.99 Å². The summed E-state index contributed by atoms with van der Waals surface area (Å²) >= 11 is 0. The Labute approximate surface area is 133 Å². The smallest absolute Gasteiger partial charge is 0.221 e. The Bertz CT molecular complexity index is 292. The summed E-state index contributed by atoms with van der Waals surface area (Å²) in [5.74, 6) is 1.70. The van der Waals surface area contributed by atoms with Crippen molar-refractivity contribution in [1.29, 1.82) is 0 Å². The van der Waals surface area contributed by atoms with Crippen molar-refractivity contribution in [3.8, 4) is 0 Å². The first kappa shape index (κ1) is 18.5. The normalized spacial score (nSPS) is 16.3. The second kappa shape index (κ2) is 10.3. The molecule has 3 N–H and O–H groups in total. The third-order valence-corrected chi connectivity index (χ3v) is 3.14. The molecular weight excluding hydrogens is 355 g/mol. The highest BCUT2D eigenvalue weighted by atomic mass is 127. The van der Waals surface area contributed by atoms with Gasteiger partial charge in [0.1, 0.15) is 0 Å². The molecule has 0 bridgehead atoms. The summed E-state index contributed by atoms with van der Waals surface area (Å²) in [5, 5.41) is 9.36. The lowest BCUT2D eigenvalue weighted by Crippen LogP contribution is -2.41. The fourth-order valence-corrected chi connectivity index (χ4v) is 1.53. The molecule has 1 amide bonds. The predicted octanol–water partition coefficient (Wildman–Crippen LogP) is 1.48. The maximum Gasteiger partial charge on any atom is 0.221 e. The Morgan fingerprint density at radius 1 is 1.37 bits per heavy atom. The van der Waals surface area contributed by atoms with Gasteiger partial charge < -0.3 is 16.0 Å². The van der Waals surface area contributed by atoms with E-state index < -0.39 is 0 Å². The second-order valence-corrected chi connectivity index (χ2v) is 4.95. The number of nitrogens with zero attached hydrogens (tertiary/aromatic N) is 1. The molecule has 0 heterocycles. The van der Waals surface area contributed by atoms with Gasteiger partial charge in [0.2, 0.25) is 5.91 Å². The Balaban J connectivity index is 0.00000324. The van der Waals surface area contributed by atoms with Gasteiger partial charge in [0, 0.05) is 32.6 Å². The summed E-state index contributed by atoms with van der Waals surface area (Å²) in [6, 6.07) is 0.254. The SMILES string of the molecule is CCC(C)NC(=O)CCNC(=NC)NCC1CC1.I. The van der Waals surface area contributed by atoms with Gasteiger partial charge in [-0.05, 0) is 32.1 Å². The largest absolute Gasteiger partial charge is 0.356 e. The topological polar surface area (TPSA) is 65.5 Å². The van der Waals surface area contributed by atoms with Gasteiger partial charge in [-0.1, -0.05) is 6.92 Å². The number of rotatable bonds is 7. The Morgan fingerprint density at radius 2 is 2.05 bits per heavy atom. The number of nitrogens with one attached hydrogen (secondary N) is 3. The fraction of sp³-hybridized carbons (Fsp3) is 0.846. The first-order valence-corrected chi connectivity index (χ1v) is 6.89. The third kappa shape index (κ3) is 9.07. The molecule has 0 radical (unpaired) electrons. The van der Waals surface area contributed by atoms with Crippen LogP contribution in [-0.2, 0) is 4.79 Å². The van der Waals surface area contributed by atoms with Crippen LogP contribution >= 0.6 is 24.0 Å². The van der Waals surface area contributed by atoms with E-state index in [1.807, 2.05) is 6.92 Å². The molecule has 1 atom stereocenters. The molecule has 0 aliphatic heterocycles. The highest BCUT2D eigenvalue weighted by molar-refractivity contribution is 14.0. The molecule has 0 saturated heterocycles. The van der Waals surface area contributed by atoms with Crippen molar-refractivity contribution in [2.45, 2.75) is 45.6 Å². The van der Waals surface area contributed by atoms with Gasteiger partial charge in [-0.3, -0.25) is 9.79 Å². The molecule has 1 saturated carbocycles. The van der Waals surface area contributed by atoms with E-state index in [0.29, 0.717) is 13.0 Å². The van der Waals surface area contributed by atoms with E-state index in [-0.39, 0.29) is 35.9 Å². The van der Waals surface area contributed by atoms with E-state index in [4.69, 9.17) is 0 Å². The Kier molecular flexibility index (Phi) is 9.99. The fourth-order valence-electron chi connectivity index (χ4n) is 1.53. The Morgan fingerprint density at radius 3 is 2.58 bits per heavy atom. The minimum absolute atomic E-state index is 0. The summed E-state index contributed by atoms with van der Waals surface area (Å²) in [6.07, 6.45) is 4.08. The molecule has 0 spiro atoms. The quantitative estimate of drug-likeness (QED) is 0.355. The van der Waals surface area contributed by atoms with Crippen LogP contribution < -0.4 is 16.0 Å². The van der Waals surface area contributed by atoms with Crippen molar-refractivity contribution in [2.75, 3.05) is 20.1 Å². The van der Waals surface area contributed by atoms with Crippen molar-refractivity contribution in [2.24, 2.45) is 10.9 Å². The molecule has 112 valence electrons. The summed E-state index contributed by atoms with van der Waals surface area (Å²) < 4.78 is 0. The molecule has 5 nitrogen and oxygen atoms in total. The molecule has 6 heteroatoms. The van der Waals surface area contributed by atoms with Crippen molar-refractivity contribution in [3.63, 3.8) is 0 Å². The van der Waals surface area contributed by atoms with Crippen LogP contribution in [0.25, 0.3) is 0 Å². The third-order valence-electron chi connectivity index (χ3n) is 3.14. The molecule has 1 fully saturated rings. The minimum atomic E-state index is 0. The maximum absolute atomic E-state index is 11.5. The number of carbonyl (C=O) groups excluding carboxylic acids is 1. The van der Waals surface area contributed by atoms with E-state index in [9.17, 15) is 4.79 Å². The number of hydrogen-bond acceptors (Lipinski definition) is 2. The van der Waals surface area contributed by atoms with E-state index in [2.05, 4.69) is 27.9 Å². The zero-order valence-corrected chi connectivity index (χ0v) is 14.5. The van der Waals surface area contributed by atoms with Crippen LogP contribution in [0.5, 0.6) is 0 Å². The van der Waals surface area contributed by atoms with Crippen LogP contribution in [0.3, 0.4) is 0 Å². The van der Waals surface area contributed by atoms with Crippen LogP contribution in [0, 0.1) is 5.92 Å². The molecule has 1 aliphatic carbocycles. The van der Waals surface area contributed by atoms with Crippen molar-refractivity contribution in [3.05, 3.63) is 0 Å². The summed E-state index contributed by atoms with van der Waals surface area (Å²) in [7, 11) is 1.75. The molecule has 1 rings (SSSR count). The van der Waals surface area contributed by atoms with Gasteiger partial charge >= 0.3 is 0 Å². The average Bonchev–Trinajstić information content (AvgIpc) is 3.17. The lowest BCUT2D eigenvalue weighted by Gasteiger charge is -2.13. The molecule has 1 aliphatic rings. The van der Waals surface area contributed by atoms with Crippen LogP contribution in [-0.4, -0.2) is 38.0 Å². The van der Waals surface area contributed by atoms with Crippen molar-refractivity contribution in [1.82, 2.24) is 16.0 Å². The highest BCUT2D eigenvalue weighted by Crippen LogP contribution is 2.27. The number of amides is 1. The van der Waals surface area contributed by atoms with Gasteiger partial charge in [0.15, 0.2) is 5.96 Å². The lowest BCUT2D eigenvalue weighted by atomic mass is 10.2. The zero-order valence-electron chi connectivity index (χ0n) is 12.2. The summed E-state index contributed by atoms with van der Waals surface area (Å²) in [5.41, 5.74) is 0. The zero-order chi connectivity index (χ0) is 13.4. The minimum Gasteiger partial charge on any atom is -0.356 e. The molecule has 0 aromatic heterocycles. The second-order valence-electron chi connectivity index (χ2n) is 4.95. The van der Waals surface area contributed by atoms with Gasteiger partial charge in [-0.2, -0.15) is 0 Å². The average molecular weight is 382 g/mol. The molecule has 1 unspecified atom stereocenters. The number of hydrogen-bond donors (Lipinski definition) is 3. The lowest BCUT2D eigenvalue weighted by molar-refractivity contribution is -0.121. The number of aliphatic imine (C=N–C) groups is 1. The number of carbonyl (C=O) groups is 1. The molecule has 0 aromatic rings. The molecular formula is C13H27IN4O. The van der Waals surface area contributed by atoms with E-state index in [1.165, 1.54) is 12.8 Å². The number of guanidine groups is 1. The summed E-state index contributed by atoms with van der Waals surface area (Å²) in [4.78, 5) is 15.7. The Hall–Kier alpha value is -0.530. The van der Waals surface area contributed by atoms with E-state index in [0.717, 1.165) is 24.8 Å². The van der Waals surface area contributed by atoms with Gasteiger partial charge in [0.25, 0.3) is 0 Å². The molecule has 19 heavy (non-hydrogen) atoms. The predicted molar refractivity (Wildman–Crippen MR) is 90.0 cm³/mol. The standard InChI is InChI=1S/C13H26N4O.HI/c1-4-10(2)17-12(18)7-8-15-13(14-3)16-9-11-5-6-11;/h10-11H,4-9H2,1-3H3,(H,17,18)(H2,14,15,16);1H. The van der Waals surface area contributed by atoms with Crippen LogP contribution in [0.1, 0.15) is 39.5 Å². The van der Waals surface area contributed by atoms with E-state index >= 15 is 0 Å². The summed E-state index contributed by atoms with van der Waals surface area (Å²) in [6.45, 7) is 5.68. The molecule has 0 aromatic carbocycles. The number of halogens is 1. The van der Waals surface area contributed by atoms with E-state index in [1.54, 1.807) is 7.05 Å². The highest BCUT2D eigenvalue weighted by Gasteiger charge is 2.20. The first-order chi connectivity index (χ1) is 8.65. The van der Waals surface area contributed by atoms with Crippen LogP contribution in [0.4, 0.5) is 0 Å². The first-order valence-electron chi connectivity index (χ1n) is 6.89. The van der Waals surface area contributed by atoms with Gasteiger partial charge in [-0.25, -0.2) is 0 Å². The van der Waals surface area contributed by atoms with Crippen molar-refractivity contribution >= 4 is 35.8 Å². The van der Waals surface area contributed by atoms with Crippen LogP contribution in [0.2, 0.25) is 0 Å².